The van der Waals surface area contributed by atoms with E-state index in [4.69, 9.17) is 0 Å². The standard InChI is InChI=1S/C20H26N4O2/c1-5-6-24-16(4)18(12-21-24)20(26)22-7-8-23(19(25)13-22)17-10-14(2)9-15(3)11-17/h9-12H,5-8,13H2,1-4H3. The van der Waals surface area contributed by atoms with Crippen LogP contribution < -0.4 is 4.90 Å². The fourth-order valence-corrected chi connectivity index (χ4v) is 3.49. The van der Waals surface area contributed by atoms with Gasteiger partial charge in [0.05, 0.1) is 11.8 Å². The Bertz CT molecular complexity index is 820. The number of aromatic nitrogens is 2. The quantitative estimate of drug-likeness (QED) is 0.848. The zero-order valence-corrected chi connectivity index (χ0v) is 16.0. The first-order valence-corrected chi connectivity index (χ1v) is 9.11. The van der Waals surface area contributed by atoms with Crippen LogP contribution in [0, 0.1) is 20.8 Å². The summed E-state index contributed by atoms with van der Waals surface area (Å²) in [6.45, 7) is 9.96. The SMILES string of the molecule is CCCn1ncc(C(=O)N2CCN(c3cc(C)cc(C)c3)C(=O)C2)c1C. The van der Waals surface area contributed by atoms with Crippen molar-refractivity contribution in [3.8, 4) is 0 Å². The lowest BCUT2D eigenvalue weighted by Crippen LogP contribution is -2.52. The second kappa shape index (κ2) is 7.32. The van der Waals surface area contributed by atoms with E-state index in [1.165, 1.54) is 0 Å². The third-order valence-electron chi connectivity index (χ3n) is 4.80. The van der Waals surface area contributed by atoms with E-state index in [-0.39, 0.29) is 18.4 Å². The molecule has 6 nitrogen and oxygen atoms in total. The van der Waals surface area contributed by atoms with Gasteiger partial charge < -0.3 is 9.80 Å². The lowest BCUT2D eigenvalue weighted by Gasteiger charge is -2.34. The van der Waals surface area contributed by atoms with Gasteiger partial charge in [-0.15, -0.1) is 0 Å². The van der Waals surface area contributed by atoms with Gasteiger partial charge in [0.1, 0.15) is 6.54 Å². The van der Waals surface area contributed by atoms with Gasteiger partial charge in [-0.2, -0.15) is 5.10 Å². The molecule has 1 aliphatic heterocycles. The number of carbonyl (C=O) groups is 2. The molecule has 1 aromatic heterocycles. The second-order valence-corrected chi connectivity index (χ2v) is 6.98. The molecule has 2 amide bonds. The third-order valence-corrected chi connectivity index (χ3v) is 4.80. The van der Waals surface area contributed by atoms with E-state index in [1.807, 2.05) is 37.6 Å². The number of anilines is 1. The van der Waals surface area contributed by atoms with Crippen molar-refractivity contribution < 1.29 is 9.59 Å². The van der Waals surface area contributed by atoms with Gasteiger partial charge in [0.15, 0.2) is 0 Å². The molecule has 0 N–H and O–H groups in total. The molecule has 6 heteroatoms. The molecule has 0 unspecified atom stereocenters. The Morgan fingerprint density at radius 2 is 1.81 bits per heavy atom. The Kier molecular flexibility index (Phi) is 5.11. The van der Waals surface area contributed by atoms with E-state index in [0.29, 0.717) is 18.7 Å². The molecule has 138 valence electrons. The fourth-order valence-electron chi connectivity index (χ4n) is 3.49. The number of nitrogens with zero attached hydrogens (tertiary/aromatic N) is 4. The van der Waals surface area contributed by atoms with E-state index in [0.717, 1.165) is 35.5 Å². The summed E-state index contributed by atoms with van der Waals surface area (Å²) in [6, 6.07) is 6.12. The molecule has 0 saturated carbocycles. The summed E-state index contributed by atoms with van der Waals surface area (Å²) in [5.74, 6) is -0.161. The highest BCUT2D eigenvalue weighted by Crippen LogP contribution is 2.22. The normalized spacial score (nSPS) is 14.8. The van der Waals surface area contributed by atoms with Gasteiger partial charge in [-0.25, -0.2) is 0 Å². The lowest BCUT2D eigenvalue weighted by molar-refractivity contribution is -0.120. The molecule has 2 aromatic rings. The molecule has 1 aliphatic rings. The van der Waals surface area contributed by atoms with Crippen LogP contribution in [0.15, 0.2) is 24.4 Å². The summed E-state index contributed by atoms with van der Waals surface area (Å²) >= 11 is 0. The van der Waals surface area contributed by atoms with E-state index in [9.17, 15) is 9.59 Å². The Morgan fingerprint density at radius 3 is 2.42 bits per heavy atom. The van der Waals surface area contributed by atoms with Gasteiger partial charge in [-0.3, -0.25) is 14.3 Å². The number of carbonyl (C=O) groups excluding carboxylic acids is 2. The van der Waals surface area contributed by atoms with Gasteiger partial charge in [0.25, 0.3) is 5.91 Å². The van der Waals surface area contributed by atoms with Gasteiger partial charge in [-0.1, -0.05) is 13.0 Å². The average Bonchev–Trinajstić information content (AvgIpc) is 2.94. The molecule has 0 bridgehead atoms. The molecule has 1 fully saturated rings. The van der Waals surface area contributed by atoms with Crippen LogP contribution >= 0.6 is 0 Å². The highest BCUT2D eigenvalue weighted by atomic mass is 16.2. The van der Waals surface area contributed by atoms with Crippen LogP contribution in [0.5, 0.6) is 0 Å². The number of hydrogen-bond donors (Lipinski definition) is 0. The largest absolute Gasteiger partial charge is 0.327 e. The molecule has 1 saturated heterocycles. The number of aryl methyl sites for hydroxylation is 3. The monoisotopic (exact) mass is 354 g/mol. The molecule has 0 aliphatic carbocycles. The molecule has 1 aromatic carbocycles. The Morgan fingerprint density at radius 1 is 1.12 bits per heavy atom. The van der Waals surface area contributed by atoms with Crippen molar-refractivity contribution in [2.24, 2.45) is 0 Å². The molecule has 0 spiro atoms. The zero-order chi connectivity index (χ0) is 18.8. The predicted molar refractivity (Wildman–Crippen MR) is 101 cm³/mol. The van der Waals surface area contributed by atoms with Gasteiger partial charge in [-0.05, 0) is 50.5 Å². The maximum absolute atomic E-state index is 12.8. The maximum atomic E-state index is 12.8. The third kappa shape index (κ3) is 3.49. The van der Waals surface area contributed by atoms with Crippen LogP contribution in [0.1, 0.15) is 40.5 Å². The van der Waals surface area contributed by atoms with E-state index in [2.05, 4.69) is 18.1 Å². The summed E-state index contributed by atoms with van der Waals surface area (Å²) in [4.78, 5) is 28.9. The van der Waals surface area contributed by atoms with Gasteiger partial charge in [0, 0.05) is 31.0 Å². The van der Waals surface area contributed by atoms with Crippen molar-refractivity contribution >= 4 is 17.5 Å². The van der Waals surface area contributed by atoms with Crippen molar-refractivity contribution in [1.82, 2.24) is 14.7 Å². The van der Waals surface area contributed by atoms with Crippen LogP contribution in [0.2, 0.25) is 0 Å². The smallest absolute Gasteiger partial charge is 0.257 e. The fraction of sp³-hybridized carbons (Fsp3) is 0.450. The summed E-state index contributed by atoms with van der Waals surface area (Å²) in [5, 5.41) is 4.30. The number of benzene rings is 1. The van der Waals surface area contributed by atoms with E-state index in [1.54, 1.807) is 16.0 Å². The first-order chi connectivity index (χ1) is 12.4. The Hall–Kier alpha value is -2.63. The average molecular weight is 354 g/mol. The summed E-state index contributed by atoms with van der Waals surface area (Å²) in [7, 11) is 0. The number of hydrogen-bond acceptors (Lipinski definition) is 3. The molecule has 3 rings (SSSR count). The highest BCUT2D eigenvalue weighted by molar-refractivity contribution is 6.02. The number of amides is 2. The topological polar surface area (TPSA) is 58.4 Å². The molecule has 0 radical (unpaired) electrons. The van der Waals surface area contributed by atoms with E-state index < -0.39 is 0 Å². The number of piperazine rings is 1. The first-order valence-electron chi connectivity index (χ1n) is 9.11. The molecule has 26 heavy (non-hydrogen) atoms. The van der Waals surface area contributed by atoms with Crippen LogP contribution in [-0.2, 0) is 11.3 Å². The van der Waals surface area contributed by atoms with Crippen LogP contribution in [0.25, 0.3) is 0 Å². The van der Waals surface area contributed by atoms with E-state index >= 15 is 0 Å². The lowest BCUT2D eigenvalue weighted by atomic mass is 10.1. The molecule has 0 atom stereocenters. The van der Waals surface area contributed by atoms with Crippen molar-refractivity contribution in [2.75, 3.05) is 24.5 Å². The Balaban J connectivity index is 1.74. The first kappa shape index (κ1) is 18.2. The van der Waals surface area contributed by atoms with Gasteiger partial charge >= 0.3 is 0 Å². The zero-order valence-electron chi connectivity index (χ0n) is 16.0. The summed E-state index contributed by atoms with van der Waals surface area (Å²) in [5.41, 5.74) is 4.62. The van der Waals surface area contributed by atoms with Crippen LogP contribution in [-0.4, -0.2) is 46.1 Å². The van der Waals surface area contributed by atoms with Crippen molar-refractivity contribution in [3.05, 3.63) is 46.8 Å². The predicted octanol–water partition coefficient (Wildman–Crippen LogP) is 2.71. The maximum Gasteiger partial charge on any atom is 0.257 e. The molecular formula is C20H26N4O2. The van der Waals surface area contributed by atoms with Gasteiger partial charge in [0.2, 0.25) is 5.91 Å². The Labute approximate surface area is 154 Å². The van der Waals surface area contributed by atoms with Crippen molar-refractivity contribution in [1.29, 1.82) is 0 Å². The highest BCUT2D eigenvalue weighted by Gasteiger charge is 2.30. The van der Waals surface area contributed by atoms with Crippen LogP contribution in [0.3, 0.4) is 0 Å². The minimum Gasteiger partial charge on any atom is -0.327 e. The summed E-state index contributed by atoms with van der Waals surface area (Å²) < 4.78 is 1.85. The minimum atomic E-state index is -0.113. The number of rotatable bonds is 4. The summed E-state index contributed by atoms with van der Waals surface area (Å²) in [6.07, 6.45) is 2.58. The minimum absolute atomic E-state index is 0.0480. The molecular weight excluding hydrogens is 328 g/mol. The second-order valence-electron chi connectivity index (χ2n) is 6.98. The molecule has 2 heterocycles. The van der Waals surface area contributed by atoms with Crippen molar-refractivity contribution in [2.45, 2.75) is 40.7 Å². The van der Waals surface area contributed by atoms with Crippen molar-refractivity contribution in [3.63, 3.8) is 0 Å². The van der Waals surface area contributed by atoms with Crippen LogP contribution in [0.4, 0.5) is 5.69 Å².